The molecule has 0 saturated carbocycles. The van der Waals surface area contributed by atoms with Crippen LogP contribution in [-0.4, -0.2) is 15.0 Å². The summed E-state index contributed by atoms with van der Waals surface area (Å²) in [5.41, 5.74) is 9.34. The van der Waals surface area contributed by atoms with Gasteiger partial charge in [0.2, 0.25) is 0 Å². The topological polar surface area (TPSA) is 38.7 Å². The minimum absolute atomic E-state index is 0.947. The van der Waals surface area contributed by atoms with Crippen molar-refractivity contribution in [3.63, 3.8) is 0 Å². The number of hydrogen-bond acceptors (Lipinski definition) is 3. The van der Waals surface area contributed by atoms with Gasteiger partial charge >= 0.3 is 0 Å². The quantitative estimate of drug-likeness (QED) is 0.238. The van der Waals surface area contributed by atoms with Crippen molar-refractivity contribution in [2.45, 2.75) is 0 Å². The van der Waals surface area contributed by atoms with Gasteiger partial charge in [0, 0.05) is 33.5 Å². The zero-order chi connectivity index (χ0) is 26.5. The maximum Gasteiger partial charge on any atom is 0.0716 e. The van der Waals surface area contributed by atoms with E-state index in [9.17, 15) is 0 Å². The summed E-state index contributed by atoms with van der Waals surface area (Å²) in [5, 5.41) is 5.78. The second-order valence-corrected chi connectivity index (χ2v) is 10.1. The zero-order valence-corrected chi connectivity index (χ0v) is 21.6. The lowest BCUT2D eigenvalue weighted by molar-refractivity contribution is 1.38. The number of benzene rings is 5. The maximum absolute atomic E-state index is 5.11. The minimum atomic E-state index is 0.947. The summed E-state index contributed by atoms with van der Waals surface area (Å²) >= 11 is 0. The number of hydrogen-bond donors (Lipinski definition) is 0. The molecule has 0 spiro atoms. The van der Waals surface area contributed by atoms with Crippen molar-refractivity contribution in [2.75, 3.05) is 0 Å². The van der Waals surface area contributed by atoms with Crippen LogP contribution in [0, 0.1) is 0 Å². The van der Waals surface area contributed by atoms with Crippen molar-refractivity contribution in [1.29, 1.82) is 0 Å². The summed E-state index contributed by atoms with van der Waals surface area (Å²) in [6.07, 6.45) is 1.83. The highest BCUT2D eigenvalue weighted by molar-refractivity contribution is 5.98. The standard InChI is InChI=1S/C37H23N3/c1-2-8-29-24(6-1)7-3-9-30(29)34-19-17-25-13-15-27(22-36(25)39-34)28-16-14-26-18-20-35(40-37(26)23-28)32-10-4-12-33-31(32)11-5-21-38-33/h1-23H. The molecule has 0 unspecified atom stereocenters. The summed E-state index contributed by atoms with van der Waals surface area (Å²) in [7, 11) is 0. The molecule has 3 heteroatoms. The highest BCUT2D eigenvalue weighted by Crippen LogP contribution is 2.32. The van der Waals surface area contributed by atoms with Gasteiger partial charge in [-0.15, -0.1) is 0 Å². The Morgan fingerprint density at radius 2 is 0.950 bits per heavy atom. The molecule has 8 rings (SSSR count). The Morgan fingerprint density at radius 1 is 0.375 bits per heavy atom. The van der Waals surface area contributed by atoms with E-state index in [4.69, 9.17) is 9.97 Å². The van der Waals surface area contributed by atoms with Crippen molar-refractivity contribution in [1.82, 2.24) is 15.0 Å². The summed E-state index contributed by atoms with van der Waals surface area (Å²) in [6, 6.07) is 46.7. The summed E-state index contributed by atoms with van der Waals surface area (Å²) in [5.74, 6) is 0. The van der Waals surface area contributed by atoms with Gasteiger partial charge in [-0.1, -0.05) is 97.1 Å². The first-order valence-electron chi connectivity index (χ1n) is 13.4. The van der Waals surface area contributed by atoms with Crippen LogP contribution in [0.1, 0.15) is 0 Å². The number of fused-ring (bicyclic) bond motifs is 4. The molecule has 3 aromatic heterocycles. The highest BCUT2D eigenvalue weighted by atomic mass is 14.7. The summed E-state index contributed by atoms with van der Waals surface area (Å²) in [6.45, 7) is 0. The first kappa shape index (κ1) is 22.6. The predicted octanol–water partition coefficient (Wildman–Crippen LogP) is 9.49. The fourth-order valence-electron chi connectivity index (χ4n) is 5.67. The minimum Gasteiger partial charge on any atom is -0.256 e. The van der Waals surface area contributed by atoms with Crippen molar-refractivity contribution < 1.29 is 0 Å². The van der Waals surface area contributed by atoms with E-state index >= 15 is 0 Å². The Hall–Kier alpha value is -5.41. The second kappa shape index (κ2) is 9.11. The third kappa shape index (κ3) is 3.79. The number of aromatic nitrogens is 3. The van der Waals surface area contributed by atoms with Crippen LogP contribution < -0.4 is 0 Å². The Morgan fingerprint density at radius 3 is 1.68 bits per heavy atom. The van der Waals surface area contributed by atoms with E-state index in [2.05, 4.69) is 120 Å². The molecule has 3 nitrogen and oxygen atoms in total. The van der Waals surface area contributed by atoms with Crippen molar-refractivity contribution in [3.8, 4) is 33.6 Å². The van der Waals surface area contributed by atoms with Crippen LogP contribution in [0.3, 0.4) is 0 Å². The molecule has 8 aromatic rings. The van der Waals surface area contributed by atoms with E-state index < -0.39 is 0 Å². The van der Waals surface area contributed by atoms with Crippen LogP contribution in [0.2, 0.25) is 0 Å². The Kier molecular flexibility index (Phi) is 5.14. The third-order valence-corrected chi connectivity index (χ3v) is 7.70. The average molecular weight is 510 g/mol. The Labute approximate surface area is 231 Å². The number of rotatable bonds is 3. The zero-order valence-electron chi connectivity index (χ0n) is 21.6. The molecule has 5 aromatic carbocycles. The Bertz CT molecular complexity index is 2060. The molecule has 40 heavy (non-hydrogen) atoms. The van der Waals surface area contributed by atoms with E-state index in [-0.39, 0.29) is 0 Å². The molecule has 0 aliphatic rings. The van der Waals surface area contributed by atoms with E-state index in [0.29, 0.717) is 0 Å². The van der Waals surface area contributed by atoms with Gasteiger partial charge in [-0.3, -0.25) is 4.98 Å². The molecule has 0 aliphatic heterocycles. The van der Waals surface area contributed by atoms with Gasteiger partial charge in [0.05, 0.1) is 27.9 Å². The van der Waals surface area contributed by atoms with Crippen molar-refractivity contribution in [2.24, 2.45) is 0 Å². The van der Waals surface area contributed by atoms with Gasteiger partial charge < -0.3 is 0 Å². The SMILES string of the molecule is c1ccc2c(-c3ccc4ccc(-c5ccc6ccc(-c7cccc8ncccc78)nc6c5)cc4n3)cccc2c1. The van der Waals surface area contributed by atoms with Crippen LogP contribution in [0.5, 0.6) is 0 Å². The number of pyridine rings is 3. The lowest BCUT2D eigenvalue weighted by atomic mass is 9.99. The van der Waals surface area contributed by atoms with Gasteiger partial charge in [-0.05, 0) is 58.3 Å². The van der Waals surface area contributed by atoms with E-state index in [1.54, 1.807) is 0 Å². The fraction of sp³-hybridized carbons (Fsp3) is 0. The van der Waals surface area contributed by atoms with Crippen molar-refractivity contribution in [3.05, 3.63) is 140 Å². The molecule has 0 fully saturated rings. The smallest absolute Gasteiger partial charge is 0.0716 e. The molecule has 186 valence electrons. The van der Waals surface area contributed by atoms with Gasteiger partial charge in [0.15, 0.2) is 0 Å². The van der Waals surface area contributed by atoms with E-state index in [0.717, 1.165) is 66.4 Å². The van der Waals surface area contributed by atoms with Crippen LogP contribution in [0.4, 0.5) is 0 Å². The molecular formula is C37H23N3. The fourth-order valence-corrected chi connectivity index (χ4v) is 5.67. The van der Waals surface area contributed by atoms with Crippen molar-refractivity contribution >= 4 is 43.5 Å². The van der Waals surface area contributed by atoms with Gasteiger partial charge in [-0.2, -0.15) is 0 Å². The normalized spacial score (nSPS) is 11.5. The van der Waals surface area contributed by atoms with Crippen LogP contribution >= 0.6 is 0 Å². The van der Waals surface area contributed by atoms with Gasteiger partial charge in [-0.25, -0.2) is 9.97 Å². The van der Waals surface area contributed by atoms with Crippen LogP contribution in [-0.2, 0) is 0 Å². The molecule has 0 aliphatic carbocycles. The molecule has 0 N–H and O–H groups in total. The van der Waals surface area contributed by atoms with Gasteiger partial charge in [0.1, 0.15) is 0 Å². The first-order chi connectivity index (χ1) is 19.8. The Balaban J connectivity index is 1.22. The molecule has 0 radical (unpaired) electrons. The van der Waals surface area contributed by atoms with E-state index in [1.807, 2.05) is 24.4 Å². The predicted molar refractivity (Wildman–Crippen MR) is 166 cm³/mol. The average Bonchev–Trinajstić information content (AvgIpc) is 3.03. The molecule has 3 heterocycles. The molecule has 0 saturated heterocycles. The second-order valence-electron chi connectivity index (χ2n) is 10.1. The molecule has 0 atom stereocenters. The molecule has 0 amide bonds. The number of nitrogens with zero attached hydrogens (tertiary/aromatic N) is 3. The third-order valence-electron chi connectivity index (χ3n) is 7.70. The lowest BCUT2D eigenvalue weighted by Crippen LogP contribution is -1.90. The largest absolute Gasteiger partial charge is 0.256 e. The lowest BCUT2D eigenvalue weighted by Gasteiger charge is -2.10. The van der Waals surface area contributed by atoms with Crippen LogP contribution in [0.25, 0.3) is 77.1 Å². The van der Waals surface area contributed by atoms with E-state index in [1.165, 1.54) is 10.8 Å². The summed E-state index contributed by atoms with van der Waals surface area (Å²) < 4.78 is 0. The van der Waals surface area contributed by atoms with Crippen LogP contribution in [0.15, 0.2) is 140 Å². The molecular weight excluding hydrogens is 486 g/mol. The van der Waals surface area contributed by atoms with Gasteiger partial charge in [0.25, 0.3) is 0 Å². The summed E-state index contributed by atoms with van der Waals surface area (Å²) in [4.78, 5) is 14.7. The first-order valence-corrected chi connectivity index (χ1v) is 13.4. The monoisotopic (exact) mass is 509 g/mol. The maximum atomic E-state index is 5.11. The molecule has 0 bridgehead atoms. The highest BCUT2D eigenvalue weighted by Gasteiger charge is 2.10.